The Hall–Kier alpha value is -2.90. The Bertz CT molecular complexity index is 789. The molecule has 8 nitrogen and oxygen atoms in total. The van der Waals surface area contributed by atoms with Gasteiger partial charge in [-0.25, -0.2) is 14.3 Å². The maximum Gasteiger partial charge on any atom is 0.359 e. The zero-order valence-corrected chi connectivity index (χ0v) is 13.9. The van der Waals surface area contributed by atoms with Gasteiger partial charge >= 0.3 is 11.9 Å². The molecule has 0 unspecified atom stereocenters. The number of nitrogens with zero attached hydrogens (tertiary/aromatic N) is 3. The Morgan fingerprint density at radius 3 is 2.38 bits per heavy atom. The van der Waals surface area contributed by atoms with Crippen molar-refractivity contribution in [3.63, 3.8) is 0 Å². The van der Waals surface area contributed by atoms with E-state index in [0.29, 0.717) is 0 Å². The van der Waals surface area contributed by atoms with Gasteiger partial charge in [-0.15, -0.1) is 5.10 Å². The molecule has 0 radical (unpaired) electrons. The fourth-order valence-corrected chi connectivity index (χ4v) is 2.39. The second kappa shape index (κ2) is 6.31. The molecule has 8 heteroatoms. The van der Waals surface area contributed by atoms with Crippen molar-refractivity contribution in [2.75, 3.05) is 7.11 Å². The fraction of sp³-hybridized carbons (Fsp3) is 0.375. The highest BCUT2D eigenvalue weighted by Gasteiger charge is 2.25. The van der Waals surface area contributed by atoms with Crippen molar-refractivity contribution in [2.45, 2.75) is 32.7 Å². The molecule has 0 spiro atoms. The van der Waals surface area contributed by atoms with Gasteiger partial charge in [0.05, 0.1) is 13.7 Å². The van der Waals surface area contributed by atoms with Gasteiger partial charge < -0.3 is 14.9 Å². The average molecular weight is 333 g/mol. The van der Waals surface area contributed by atoms with Crippen LogP contribution in [0.5, 0.6) is 5.75 Å². The Labute approximate surface area is 138 Å². The van der Waals surface area contributed by atoms with E-state index in [1.54, 1.807) is 19.2 Å². The molecule has 0 aliphatic carbocycles. The first-order valence-corrected chi connectivity index (χ1v) is 7.22. The van der Waals surface area contributed by atoms with Crippen molar-refractivity contribution in [1.82, 2.24) is 15.0 Å². The molecule has 0 aliphatic rings. The third-order valence-corrected chi connectivity index (χ3v) is 3.54. The molecule has 0 atom stereocenters. The lowest BCUT2D eigenvalue weighted by Gasteiger charge is -2.23. The van der Waals surface area contributed by atoms with E-state index in [0.717, 1.165) is 21.6 Å². The molecule has 1 aromatic carbocycles. The van der Waals surface area contributed by atoms with E-state index in [-0.39, 0.29) is 12.0 Å². The van der Waals surface area contributed by atoms with Crippen LogP contribution in [0.15, 0.2) is 18.2 Å². The number of aromatic carboxylic acids is 2. The maximum atomic E-state index is 11.3. The molecule has 0 bridgehead atoms. The third-order valence-electron chi connectivity index (χ3n) is 3.54. The van der Waals surface area contributed by atoms with Crippen LogP contribution in [0.2, 0.25) is 0 Å². The standard InChI is InChI=1S/C16H19N3O5/c1-16(2,3)10-7-9(5-6-11(10)24-4)8-19-13(15(22)23)12(14(20)21)17-18-19/h5-7H,8H2,1-4H3,(H,20,21)(H,22,23). The van der Waals surface area contributed by atoms with Crippen LogP contribution in [0.3, 0.4) is 0 Å². The van der Waals surface area contributed by atoms with Crippen molar-refractivity contribution >= 4 is 11.9 Å². The highest BCUT2D eigenvalue weighted by atomic mass is 16.5. The number of rotatable bonds is 5. The van der Waals surface area contributed by atoms with E-state index in [2.05, 4.69) is 10.3 Å². The number of aromatic nitrogens is 3. The van der Waals surface area contributed by atoms with Crippen molar-refractivity contribution in [3.8, 4) is 5.75 Å². The summed E-state index contributed by atoms with van der Waals surface area (Å²) in [6.45, 7) is 6.20. The van der Waals surface area contributed by atoms with Crippen molar-refractivity contribution in [1.29, 1.82) is 0 Å². The number of benzene rings is 1. The first kappa shape index (κ1) is 17.5. The smallest absolute Gasteiger partial charge is 0.359 e. The monoisotopic (exact) mass is 333 g/mol. The van der Waals surface area contributed by atoms with Gasteiger partial charge in [-0.3, -0.25) is 0 Å². The summed E-state index contributed by atoms with van der Waals surface area (Å²) >= 11 is 0. The first-order valence-electron chi connectivity index (χ1n) is 7.22. The van der Waals surface area contributed by atoms with E-state index in [1.807, 2.05) is 26.8 Å². The predicted octanol–water partition coefficient (Wildman–Crippen LogP) is 2.03. The van der Waals surface area contributed by atoms with Crippen molar-refractivity contribution in [2.24, 2.45) is 0 Å². The van der Waals surface area contributed by atoms with Crippen LogP contribution >= 0.6 is 0 Å². The van der Waals surface area contributed by atoms with Crippen molar-refractivity contribution < 1.29 is 24.5 Å². The van der Waals surface area contributed by atoms with Gasteiger partial charge in [-0.05, 0) is 28.7 Å². The molecular weight excluding hydrogens is 314 g/mol. The lowest BCUT2D eigenvalue weighted by molar-refractivity contribution is 0.0640. The summed E-state index contributed by atoms with van der Waals surface area (Å²) in [5, 5.41) is 25.4. The van der Waals surface area contributed by atoms with Gasteiger partial charge in [0.1, 0.15) is 5.75 Å². The minimum Gasteiger partial charge on any atom is -0.496 e. The Kier molecular flexibility index (Phi) is 4.59. The minimum absolute atomic E-state index is 0.0922. The molecule has 0 saturated heterocycles. The summed E-state index contributed by atoms with van der Waals surface area (Å²) in [7, 11) is 1.59. The average Bonchev–Trinajstić information content (AvgIpc) is 2.90. The van der Waals surface area contributed by atoms with E-state index in [9.17, 15) is 14.7 Å². The minimum atomic E-state index is -1.43. The first-order chi connectivity index (χ1) is 11.1. The van der Waals surface area contributed by atoms with Gasteiger partial charge in [0, 0.05) is 0 Å². The Morgan fingerprint density at radius 1 is 1.21 bits per heavy atom. The summed E-state index contributed by atoms with van der Waals surface area (Å²) < 4.78 is 6.44. The van der Waals surface area contributed by atoms with E-state index >= 15 is 0 Å². The zero-order chi connectivity index (χ0) is 18.1. The van der Waals surface area contributed by atoms with Crippen LogP contribution in [-0.4, -0.2) is 44.3 Å². The molecule has 0 aliphatic heterocycles. The third kappa shape index (κ3) is 3.37. The van der Waals surface area contributed by atoms with Crippen LogP contribution in [0.4, 0.5) is 0 Å². The van der Waals surface area contributed by atoms with Crippen LogP contribution < -0.4 is 4.74 Å². The molecule has 0 fully saturated rings. The molecule has 1 aromatic heterocycles. The lowest BCUT2D eigenvalue weighted by atomic mass is 9.85. The summed E-state index contributed by atoms with van der Waals surface area (Å²) in [5.74, 6) is -2.08. The van der Waals surface area contributed by atoms with Gasteiger partial charge in [-0.1, -0.05) is 32.1 Å². The SMILES string of the molecule is COc1ccc(Cn2nnc(C(=O)O)c2C(=O)O)cc1C(C)(C)C. The van der Waals surface area contributed by atoms with Gasteiger partial charge in [-0.2, -0.15) is 0 Å². The molecule has 2 N–H and O–H groups in total. The summed E-state index contributed by atoms with van der Waals surface area (Å²) in [6.07, 6.45) is 0. The van der Waals surface area contributed by atoms with Crippen LogP contribution in [0, 0.1) is 0 Å². The maximum absolute atomic E-state index is 11.3. The van der Waals surface area contributed by atoms with E-state index < -0.39 is 23.3 Å². The number of carbonyl (C=O) groups is 2. The number of carboxylic acids is 2. The lowest BCUT2D eigenvalue weighted by Crippen LogP contribution is -2.16. The van der Waals surface area contributed by atoms with Crippen LogP contribution in [-0.2, 0) is 12.0 Å². The summed E-state index contributed by atoms with van der Waals surface area (Å²) in [5.41, 5.74) is 0.525. The molecule has 128 valence electrons. The molecular formula is C16H19N3O5. The van der Waals surface area contributed by atoms with Gasteiger partial charge in [0.2, 0.25) is 5.69 Å². The molecule has 0 saturated carbocycles. The van der Waals surface area contributed by atoms with Gasteiger partial charge in [0.25, 0.3) is 0 Å². The van der Waals surface area contributed by atoms with Crippen LogP contribution in [0.1, 0.15) is 52.9 Å². The van der Waals surface area contributed by atoms with E-state index in [4.69, 9.17) is 9.84 Å². The summed E-state index contributed by atoms with van der Waals surface area (Å²) in [4.78, 5) is 22.4. The molecule has 1 heterocycles. The quantitative estimate of drug-likeness (QED) is 0.860. The number of carboxylic acid groups (broad SMARTS) is 2. The summed E-state index contributed by atoms with van der Waals surface area (Å²) in [6, 6.07) is 5.47. The molecule has 24 heavy (non-hydrogen) atoms. The fourth-order valence-electron chi connectivity index (χ4n) is 2.39. The second-order valence-electron chi connectivity index (χ2n) is 6.34. The Balaban J connectivity index is 2.46. The number of hydrogen-bond donors (Lipinski definition) is 2. The zero-order valence-electron chi connectivity index (χ0n) is 13.9. The molecule has 2 rings (SSSR count). The molecule has 0 amide bonds. The topological polar surface area (TPSA) is 115 Å². The highest BCUT2D eigenvalue weighted by molar-refractivity contribution is 5.98. The Morgan fingerprint density at radius 2 is 1.88 bits per heavy atom. The molecule has 2 aromatic rings. The number of ether oxygens (including phenoxy) is 1. The van der Waals surface area contributed by atoms with Crippen molar-refractivity contribution in [3.05, 3.63) is 40.7 Å². The number of methoxy groups -OCH3 is 1. The second-order valence-corrected chi connectivity index (χ2v) is 6.34. The number of hydrogen-bond acceptors (Lipinski definition) is 5. The normalized spacial score (nSPS) is 11.3. The van der Waals surface area contributed by atoms with Crippen LogP contribution in [0.25, 0.3) is 0 Å². The largest absolute Gasteiger partial charge is 0.496 e. The van der Waals surface area contributed by atoms with E-state index in [1.165, 1.54) is 0 Å². The predicted molar refractivity (Wildman–Crippen MR) is 84.7 cm³/mol. The highest BCUT2D eigenvalue weighted by Crippen LogP contribution is 2.32. The van der Waals surface area contributed by atoms with Gasteiger partial charge in [0.15, 0.2) is 5.69 Å².